The Hall–Kier alpha value is -1.88. The molecule has 1 fully saturated rings. The van der Waals surface area contributed by atoms with Crippen molar-refractivity contribution in [1.82, 2.24) is 5.32 Å². The van der Waals surface area contributed by atoms with Crippen molar-refractivity contribution in [2.45, 2.75) is 51.6 Å². The van der Waals surface area contributed by atoms with Crippen LogP contribution in [0.1, 0.15) is 51.1 Å². The molecular weight excluding hydrogens is 278 g/mol. The zero-order valence-electron chi connectivity index (χ0n) is 13.3. The minimum absolute atomic E-state index is 0.0101. The van der Waals surface area contributed by atoms with Gasteiger partial charge in [0, 0.05) is 24.1 Å². The maximum atomic E-state index is 11.8. The molecule has 1 aromatic carbocycles. The molecule has 0 radical (unpaired) electrons. The van der Waals surface area contributed by atoms with Gasteiger partial charge in [-0.05, 0) is 50.8 Å². The molecule has 0 aliphatic heterocycles. The number of nitrogens with two attached hydrogens (primary N) is 1. The van der Waals surface area contributed by atoms with Crippen molar-refractivity contribution >= 4 is 17.5 Å². The minimum Gasteiger partial charge on any atom is -0.350 e. The minimum atomic E-state index is -0.0613. The average molecular weight is 303 g/mol. The van der Waals surface area contributed by atoms with Gasteiger partial charge in [0.15, 0.2) is 0 Å². The number of hydrogen-bond acceptors (Lipinski definition) is 3. The summed E-state index contributed by atoms with van der Waals surface area (Å²) in [5.41, 5.74) is 7.46. The summed E-state index contributed by atoms with van der Waals surface area (Å²) < 4.78 is 0. The Morgan fingerprint density at radius 1 is 1.23 bits per heavy atom. The summed E-state index contributed by atoms with van der Waals surface area (Å²) in [7, 11) is 0. The number of carbonyl (C=O) groups is 2. The van der Waals surface area contributed by atoms with Crippen molar-refractivity contribution in [3.8, 4) is 0 Å². The molecule has 5 heteroatoms. The Balaban J connectivity index is 1.83. The van der Waals surface area contributed by atoms with E-state index in [1.54, 1.807) is 0 Å². The van der Waals surface area contributed by atoms with Crippen LogP contribution in [-0.4, -0.2) is 17.9 Å². The zero-order valence-corrected chi connectivity index (χ0v) is 13.3. The number of rotatable bonds is 7. The fourth-order valence-corrected chi connectivity index (χ4v) is 2.20. The van der Waals surface area contributed by atoms with Crippen molar-refractivity contribution in [3.05, 3.63) is 29.8 Å². The smallest absolute Gasteiger partial charge is 0.227 e. The third kappa shape index (κ3) is 5.15. The van der Waals surface area contributed by atoms with E-state index in [1.165, 1.54) is 0 Å². The molecular formula is C17H25N3O2. The van der Waals surface area contributed by atoms with Gasteiger partial charge in [0.25, 0.3) is 0 Å². The highest BCUT2D eigenvalue weighted by Crippen LogP contribution is 2.30. The lowest BCUT2D eigenvalue weighted by Crippen LogP contribution is -2.28. The molecule has 0 spiro atoms. The molecule has 4 N–H and O–H groups in total. The van der Waals surface area contributed by atoms with E-state index in [9.17, 15) is 9.59 Å². The summed E-state index contributed by atoms with van der Waals surface area (Å²) in [4.78, 5) is 23.5. The van der Waals surface area contributed by atoms with Crippen molar-refractivity contribution in [2.24, 2.45) is 11.7 Å². The van der Waals surface area contributed by atoms with E-state index in [0.717, 1.165) is 24.1 Å². The highest BCUT2D eigenvalue weighted by molar-refractivity contribution is 5.94. The quantitative estimate of drug-likeness (QED) is 0.723. The number of carbonyl (C=O) groups excluding carboxylic acids is 2. The van der Waals surface area contributed by atoms with Gasteiger partial charge in [0.05, 0.1) is 6.04 Å². The maximum Gasteiger partial charge on any atom is 0.227 e. The van der Waals surface area contributed by atoms with Crippen LogP contribution >= 0.6 is 0 Å². The highest BCUT2D eigenvalue weighted by atomic mass is 16.2. The van der Waals surface area contributed by atoms with Crippen molar-refractivity contribution in [3.63, 3.8) is 0 Å². The first kappa shape index (κ1) is 16.5. The second-order valence-corrected chi connectivity index (χ2v) is 6.19. The van der Waals surface area contributed by atoms with Crippen LogP contribution in [0.15, 0.2) is 24.3 Å². The van der Waals surface area contributed by atoms with E-state index < -0.39 is 0 Å². The molecule has 1 aromatic rings. The molecule has 2 unspecified atom stereocenters. The molecule has 0 saturated heterocycles. The Labute approximate surface area is 131 Å². The monoisotopic (exact) mass is 303 g/mol. The fraction of sp³-hybridized carbons (Fsp3) is 0.529. The lowest BCUT2D eigenvalue weighted by atomic mass is 10.1. The molecule has 22 heavy (non-hydrogen) atoms. The second kappa shape index (κ2) is 7.40. The Morgan fingerprint density at radius 2 is 1.86 bits per heavy atom. The number of nitrogens with one attached hydrogen (secondary N) is 2. The largest absolute Gasteiger partial charge is 0.350 e. The van der Waals surface area contributed by atoms with Crippen LogP contribution < -0.4 is 16.4 Å². The van der Waals surface area contributed by atoms with E-state index in [4.69, 9.17) is 5.73 Å². The van der Waals surface area contributed by atoms with Crippen LogP contribution in [0.2, 0.25) is 0 Å². The molecule has 2 atom stereocenters. The fourth-order valence-electron chi connectivity index (χ4n) is 2.20. The van der Waals surface area contributed by atoms with Gasteiger partial charge >= 0.3 is 0 Å². The average Bonchev–Trinajstić information content (AvgIpc) is 3.30. The van der Waals surface area contributed by atoms with E-state index in [1.807, 2.05) is 38.1 Å². The Bertz CT molecular complexity index is 521. The summed E-state index contributed by atoms with van der Waals surface area (Å²) in [6.45, 7) is 3.84. The highest BCUT2D eigenvalue weighted by Gasteiger charge is 2.29. The van der Waals surface area contributed by atoms with Gasteiger partial charge in [-0.1, -0.05) is 12.1 Å². The normalized spacial score (nSPS) is 16.7. The maximum absolute atomic E-state index is 11.8. The molecule has 0 heterocycles. The van der Waals surface area contributed by atoms with Crippen LogP contribution in [0.5, 0.6) is 0 Å². The number of amides is 2. The van der Waals surface area contributed by atoms with Gasteiger partial charge in [-0.2, -0.15) is 0 Å². The van der Waals surface area contributed by atoms with E-state index in [0.29, 0.717) is 12.8 Å². The number of hydrogen-bond donors (Lipinski definition) is 3. The van der Waals surface area contributed by atoms with Crippen LogP contribution in [0.4, 0.5) is 5.69 Å². The molecule has 5 nitrogen and oxygen atoms in total. The third-order valence-corrected chi connectivity index (χ3v) is 3.83. The molecule has 1 aliphatic carbocycles. The Kier molecular flexibility index (Phi) is 5.55. The topological polar surface area (TPSA) is 84.2 Å². The molecule has 0 aromatic heterocycles. The first-order valence-electron chi connectivity index (χ1n) is 7.91. The van der Waals surface area contributed by atoms with Crippen LogP contribution in [0.25, 0.3) is 0 Å². The first-order valence-corrected chi connectivity index (χ1v) is 7.91. The summed E-state index contributed by atoms with van der Waals surface area (Å²) in [5, 5.41) is 5.86. The van der Waals surface area contributed by atoms with E-state index in [2.05, 4.69) is 10.6 Å². The zero-order chi connectivity index (χ0) is 16.1. The molecule has 120 valence electrons. The van der Waals surface area contributed by atoms with Crippen molar-refractivity contribution < 1.29 is 9.59 Å². The first-order chi connectivity index (χ1) is 10.5. The molecule has 1 aliphatic rings. The summed E-state index contributed by atoms with van der Waals surface area (Å²) >= 11 is 0. The summed E-state index contributed by atoms with van der Waals surface area (Å²) in [6.07, 6.45) is 3.12. The lowest BCUT2D eigenvalue weighted by Gasteiger charge is -2.15. The van der Waals surface area contributed by atoms with E-state index >= 15 is 0 Å². The van der Waals surface area contributed by atoms with Gasteiger partial charge in [0.1, 0.15) is 0 Å². The standard InChI is InChI=1S/C17H25N3O2/c1-11(18)3-10-16(21)19-12(2)13-6-8-15(9-7-13)20-17(22)14-4-5-14/h6-9,11-12,14H,3-5,10,18H2,1-2H3,(H,19,21)(H,20,22). The second-order valence-electron chi connectivity index (χ2n) is 6.19. The van der Waals surface area contributed by atoms with Crippen LogP contribution in [0, 0.1) is 5.92 Å². The SMILES string of the molecule is CC(N)CCC(=O)NC(C)c1ccc(NC(=O)C2CC2)cc1. The molecule has 2 amide bonds. The van der Waals surface area contributed by atoms with Gasteiger partial charge in [0.2, 0.25) is 11.8 Å². The molecule has 1 saturated carbocycles. The third-order valence-electron chi connectivity index (χ3n) is 3.83. The van der Waals surface area contributed by atoms with Crippen LogP contribution in [0.3, 0.4) is 0 Å². The number of anilines is 1. The van der Waals surface area contributed by atoms with Gasteiger partial charge in [-0.25, -0.2) is 0 Å². The van der Waals surface area contributed by atoms with Gasteiger partial charge < -0.3 is 16.4 Å². The van der Waals surface area contributed by atoms with Crippen molar-refractivity contribution in [1.29, 1.82) is 0 Å². The number of benzene rings is 1. The lowest BCUT2D eigenvalue weighted by molar-refractivity contribution is -0.122. The molecule has 0 bridgehead atoms. The molecule has 2 rings (SSSR count). The predicted octanol–water partition coefficient (Wildman–Crippen LogP) is 2.34. The van der Waals surface area contributed by atoms with E-state index in [-0.39, 0.29) is 29.8 Å². The van der Waals surface area contributed by atoms with Crippen molar-refractivity contribution in [2.75, 3.05) is 5.32 Å². The summed E-state index contributed by atoms with van der Waals surface area (Å²) in [6, 6.07) is 7.59. The van der Waals surface area contributed by atoms with Gasteiger partial charge in [-0.15, -0.1) is 0 Å². The Morgan fingerprint density at radius 3 is 2.41 bits per heavy atom. The summed E-state index contributed by atoms with van der Waals surface area (Å²) in [5.74, 6) is 0.309. The predicted molar refractivity (Wildman–Crippen MR) is 87.2 cm³/mol. The van der Waals surface area contributed by atoms with Crippen LogP contribution in [-0.2, 0) is 9.59 Å². The van der Waals surface area contributed by atoms with Gasteiger partial charge in [-0.3, -0.25) is 9.59 Å².